The lowest BCUT2D eigenvalue weighted by molar-refractivity contribution is 0.303. The molecule has 0 amide bonds. The van der Waals surface area contributed by atoms with Crippen LogP contribution in [0.1, 0.15) is 38.2 Å². The molecule has 17 heavy (non-hydrogen) atoms. The van der Waals surface area contributed by atoms with Crippen LogP contribution in [-0.2, 0) is 6.42 Å². The van der Waals surface area contributed by atoms with Crippen molar-refractivity contribution >= 4 is 11.6 Å². The molecule has 2 atom stereocenters. The lowest BCUT2D eigenvalue weighted by Gasteiger charge is -2.27. The van der Waals surface area contributed by atoms with Gasteiger partial charge in [-0.25, -0.2) is 0 Å². The van der Waals surface area contributed by atoms with E-state index in [4.69, 9.17) is 11.6 Å². The third-order valence-electron chi connectivity index (χ3n) is 3.70. The van der Waals surface area contributed by atoms with Crippen molar-refractivity contribution < 1.29 is 0 Å². The summed E-state index contributed by atoms with van der Waals surface area (Å²) in [6.07, 6.45) is 6.60. The molecular formula is C15H22ClN. The van der Waals surface area contributed by atoms with Crippen LogP contribution in [-0.4, -0.2) is 12.6 Å². The van der Waals surface area contributed by atoms with Crippen molar-refractivity contribution in [3.63, 3.8) is 0 Å². The van der Waals surface area contributed by atoms with Crippen molar-refractivity contribution in [2.75, 3.05) is 6.54 Å². The van der Waals surface area contributed by atoms with Crippen LogP contribution in [0.5, 0.6) is 0 Å². The minimum atomic E-state index is 0.742. The zero-order valence-corrected chi connectivity index (χ0v) is 11.3. The van der Waals surface area contributed by atoms with Crippen LogP contribution in [0.15, 0.2) is 24.3 Å². The van der Waals surface area contributed by atoms with Gasteiger partial charge in [-0.2, -0.15) is 0 Å². The molecule has 1 aromatic rings. The fourth-order valence-electron chi connectivity index (χ4n) is 2.69. The summed E-state index contributed by atoms with van der Waals surface area (Å²) in [5, 5.41) is 4.50. The average Bonchev–Trinajstić information content (AvgIpc) is 2.32. The van der Waals surface area contributed by atoms with Gasteiger partial charge in [0, 0.05) is 11.1 Å². The van der Waals surface area contributed by atoms with E-state index in [0.29, 0.717) is 0 Å². The van der Waals surface area contributed by atoms with E-state index in [1.807, 2.05) is 12.1 Å². The first-order valence-corrected chi connectivity index (χ1v) is 7.09. The van der Waals surface area contributed by atoms with E-state index in [1.165, 1.54) is 31.2 Å². The fourth-order valence-corrected chi connectivity index (χ4v) is 2.82. The molecule has 0 spiro atoms. The van der Waals surface area contributed by atoms with E-state index in [9.17, 15) is 0 Å². The van der Waals surface area contributed by atoms with Crippen LogP contribution in [0.2, 0.25) is 5.02 Å². The molecule has 1 nitrogen and oxygen atoms in total. The van der Waals surface area contributed by atoms with E-state index in [-0.39, 0.29) is 0 Å². The van der Waals surface area contributed by atoms with Gasteiger partial charge >= 0.3 is 0 Å². The van der Waals surface area contributed by atoms with Gasteiger partial charge in [0.1, 0.15) is 0 Å². The van der Waals surface area contributed by atoms with Crippen LogP contribution in [0.4, 0.5) is 0 Å². The Bertz CT molecular complexity index is 333. The van der Waals surface area contributed by atoms with Crippen molar-refractivity contribution in [1.82, 2.24) is 5.32 Å². The summed E-state index contributed by atoms with van der Waals surface area (Å²) in [6, 6.07) is 8.92. The summed E-state index contributed by atoms with van der Waals surface area (Å²) < 4.78 is 0. The molecule has 0 heterocycles. The lowest BCUT2D eigenvalue weighted by atomic mass is 9.87. The monoisotopic (exact) mass is 251 g/mol. The number of rotatable bonds is 4. The zero-order chi connectivity index (χ0) is 12.1. The molecule has 0 saturated heterocycles. The molecule has 0 aromatic heterocycles. The van der Waals surface area contributed by atoms with Crippen molar-refractivity contribution in [3.8, 4) is 0 Å². The maximum absolute atomic E-state index is 5.87. The van der Waals surface area contributed by atoms with Gasteiger partial charge in [0.15, 0.2) is 0 Å². The van der Waals surface area contributed by atoms with Crippen molar-refractivity contribution in [1.29, 1.82) is 0 Å². The van der Waals surface area contributed by atoms with Gasteiger partial charge in [-0.15, -0.1) is 0 Å². The van der Waals surface area contributed by atoms with Crippen LogP contribution in [0, 0.1) is 5.92 Å². The molecule has 2 unspecified atom stereocenters. The normalized spacial score (nSPS) is 24.8. The van der Waals surface area contributed by atoms with Gasteiger partial charge in [0.05, 0.1) is 0 Å². The van der Waals surface area contributed by atoms with Gasteiger partial charge in [-0.3, -0.25) is 0 Å². The van der Waals surface area contributed by atoms with Crippen molar-refractivity contribution in [2.45, 2.75) is 45.1 Å². The molecular weight excluding hydrogens is 230 g/mol. The van der Waals surface area contributed by atoms with Gasteiger partial charge in [0.25, 0.3) is 0 Å². The first-order chi connectivity index (χ1) is 8.24. The second-order valence-electron chi connectivity index (χ2n) is 5.30. The molecule has 0 radical (unpaired) electrons. The quantitative estimate of drug-likeness (QED) is 0.851. The molecule has 1 saturated carbocycles. The van der Waals surface area contributed by atoms with E-state index in [2.05, 4.69) is 24.4 Å². The molecule has 1 N–H and O–H groups in total. The minimum Gasteiger partial charge on any atom is -0.314 e. The Kier molecular flexibility index (Phi) is 4.87. The topological polar surface area (TPSA) is 12.0 Å². The highest BCUT2D eigenvalue weighted by molar-refractivity contribution is 6.30. The number of hydrogen-bond donors (Lipinski definition) is 1. The van der Waals surface area contributed by atoms with Gasteiger partial charge < -0.3 is 5.32 Å². The highest BCUT2D eigenvalue weighted by Gasteiger charge is 2.17. The fraction of sp³-hybridized carbons (Fsp3) is 0.600. The van der Waals surface area contributed by atoms with Crippen molar-refractivity contribution in [2.24, 2.45) is 5.92 Å². The Morgan fingerprint density at radius 3 is 2.71 bits per heavy atom. The maximum atomic E-state index is 5.87. The third-order valence-corrected chi connectivity index (χ3v) is 3.95. The second-order valence-corrected chi connectivity index (χ2v) is 5.74. The van der Waals surface area contributed by atoms with Gasteiger partial charge in [-0.05, 0) is 49.4 Å². The minimum absolute atomic E-state index is 0.742. The Morgan fingerprint density at radius 1 is 1.24 bits per heavy atom. The largest absolute Gasteiger partial charge is 0.314 e. The second kappa shape index (κ2) is 6.42. The smallest absolute Gasteiger partial charge is 0.0406 e. The summed E-state index contributed by atoms with van der Waals surface area (Å²) in [4.78, 5) is 0. The van der Waals surface area contributed by atoms with Crippen LogP contribution >= 0.6 is 11.6 Å². The van der Waals surface area contributed by atoms with E-state index < -0.39 is 0 Å². The van der Waals surface area contributed by atoms with Gasteiger partial charge in [-0.1, -0.05) is 43.5 Å². The summed E-state index contributed by atoms with van der Waals surface area (Å²) in [5.74, 6) is 0.900. The van der Waals surface area contributed by atoms with Crippen LogP contribution in [0.25, 0.3) is 0 Å². The SMILES string of the molecule is CC1CCCC(NCCc2ccc(Cl)cc2)C1. The first-order valence-electron chi connectivity index (χ1n) is 6.72. The zero-order valence-electron chi connectivity index (χ0n) is 10.6. The molecule has 0 bridgehead atoms. The van der Waals surface area contributed by atoms with Crippen LogP contribution in [0.3, 0.4) is 0 Å². The Balaban J connectivity index is 1.70. The third kappa shape index (κ3) is 4.33. The number of nitrogens with one attached hydrogen (secondary N) is 1. The summed E-state index contributed by atoms with van der Waals surface area (Å²) in [7, 11) is 0. The molecule has 2 heteroatoms. The number of benzene rings is 1. The molecule has 1 aliphatic rings. The summed E-state index contributed by atoms with van der Waals surface area (Å²) in [6.45, 7) is 3.45. The number of halogens is 1. The summed E-state index contributed by atoms with van der Waals surface area (Å²) in [5.41, 5.74) is 1.37. The predicted octanol–water partition coefficient (Wildman–Crippen LogP) is 4.05. The van der Waals surface area contributed by atoms with E-state index in [1.54, 1.807) is 0 Å². The molecule has 2 rings (SSSR count). The molecule has 1 aliphatic carbocycles. The number of hydrogen-bond acceptors (Lipinski definition) is 1. The molecule has 0 aliphatic heterocycles. The Labute approximate surface area is 110 Å². The Morgan fingerprint density at radius 2 is 2.00 bits per heavy atom. The molecule has 1 aromatic carbocycles. The Hall–Kier alpha value is -0.530. The highest BCUT2D eigenvalue weighted by Crippen LogP contribution is 2.23. The van der Waals surface area contributed by atoms with Crippen molar-refractivity contribution in [3.05, 3.63) is 34.9 Å². The first kappa shape index (κ1) is 12.9. The average molecular weight is 252 g/mol. The maximum Gasteiger partial charge on any atom is 0.0406 e. The molecule has 1 fully saturated rings. The predicted molar refractivity (Wildman–Crippen MR) is 74.6 cm³/mol. The standard InChI is InChI=1S/C15H22ClN/c1-12-3-2-4-15(11-12)17-10-9-13-5-7-14(16)8-6-13/h5-8,12,15,17H,2-4,9-11H2,1H3. The molecule has 94 valence electrons. The summed E-state index contributed by atoms with van der Waals surface area (Å²) >= 11 is 5.87. The lowest BCUT2D eigenvalue weighted by Crippen LogP contribution is -2.34. The van der Waals surface area contributed by atoms with Crippen LogP contribution < -0.4 is 5.32 Å². The van der Waals surface area contributed by atoms with E-state index >= 15 is 0 Å². The highest BCUT2D eigenvalue weighted by atomic mass is 35.5. The van der Waals surface area contributed by atoms with Gasteiger partial charge in [0.2, 0.25) is 0 Å². The van der Waals surface area contributed by atoms with E-state index in [0.717, 1.165) is 29.9 Å².